The molecule has 0 saturated carbocycles. The maximum atomic E-state index is 8.15. The molecule has 0 saturated heterocycles. The summed E-state index contributed by atoms with van der Waals surface area (Å²) in [6, 6.07) is 0. The maximum absolute atomic E-state index is 8.15. The molecule has 4 heteroatoms. The zero-order valence-electron chi connectivity index (χ0n) is 4.44. The van der Waals surface area contributed by atoms with Gasteiger partial charge in [-0.2, -0.15) is 0 Å². The Morgan fingerprint density at radius 2 is 2.62 bits per heavy atom. The van der Waals surface area contributed by atoms with Crippen molar-refractivity contribution in [2.75, 3.05) is 0 Å². The molecule has 40 valence electrons. The van der Waals surface area contributed by atoms with Crippen molar-refractivity contribution in [3.63, 3.8) is 0 Å². The normalized spacial score (nSPS) is 8.50. The molecule has 0 N–H and O–H groups in total. The number of hydrogen-bond acceptors (Lipinski definition) is 2. The Morgan fingerprint density at radius 3 is 2.88 bits per heavy atom. The van der Waals surface area contributed by atoms with Gasteiger partial charge in [0.1, 0.15) is 12.4 Å². The Bertz CT molecular complexity index is 218. The van der Waals surface area contributed by atoms with Crippen molar-refractivity contribution >= 4 is 5.95 Å². The lowest BCUT2D eigenvalue weighted by molar-refractivity contribution is 0.932. The van der Waals surface area contributed by atoms with Crippen LogP contribution >= 0.6 is 0 Å². The van der Waals surface area contributed by atoms with Crippen LogP contribution in [0.5, 0.6) is 0 Å². The van der Waals surface area contributed by atoms with Gasteiger partial charge in [-0.15, -0.1) is 0 Å². The zero-order chi connectivity index (χ0) is 5.98. The summed E-state index contributed by atoms with van der Waals surface area (Å²) in [6.45, 7) is 0. The lowest BCUT2D eigenvalue weighted by Gasteiger charge is -1.72. The topological polar surface area (TPSA) is 46.0 Å². The first-order valence-electron chi connectivity index (χ1n) is 2.17. The predicted octanol–water partition coefficient (Wildman–Crippen LogP) is 0.905. The van der Waals surface area contributed by atoms with Crippen molar-refractivity contribution < 1.29 is 0 Å². The van der Waals surface area contributed by atoms with Gasteiger partial charge in [0.2, 0.25) is 0 Å². The molecule has 0 radical (unpaired) electrons. The van der Waals surface area contributed by atoms with Gasteiger partial charge in [0, 0.05) is 0 Å². The number of aromatic nitrogens is 2. The van der Waals surface area contributed by atoms with Crippen LogP contribution in [-0.2, 0) is 7.05 Å². The highest BCUT2D eigenvalue weighted by Crippen LogP contribution is 2.02. The van der Waals surface area contributed by atoms with Crippen LogP contribution in [0.15, 0.2) is 12.4 Å². The van der Waals surface area contributed by atoms with Crippen LogP contribution in [0.2, 0.25) is 0 Å². The molecule has 0 aliphatic carbocycles. The maximum Gasteiger partial charge on any atom is 0.527 e. The summed E-state index contributed by atoms with van der Waals surface area (Å²) in [5.41, 5.74) is 0. The monoisotopic (exact) mass is 109 g/mol. The fourth-order valence-corrected chi connectivity index (χ4v) is 0.454. The van der Waals surface area contributed by atoms with E-state index in [0.29, 0.717) is 5.95 Å². The van der Waals surface area contributed by atoms with Crippen molar-refractivity contribution in [3.8, 4) is 0 Å². The van der Waals surface area contributed by atoms with E-state index in [1.54, 1.807) is 24.0 Å². The molecule has 1 aromatic rings. The minimum atomic E-state index is 0.324. The minimum Gasteiger partial charge on any atom is -0.218 e. The molecule has 1 rings (SSSR count). The Kier molecular flexibility index (Phi) is 0.968. The largest absolute Gasteiger partial charge is 0.527 e. The average Bonchev–Trinajstić information content (AvgIpc) is 2.14. The smallest absolute Gasteiger partial charge is 0.218 e. The molecule has 0 aliphatic heterocycles. The first-order valence-corrected chi connectivity index (χ1v) is 2.17. The molecule has 4 nitrogen and oxygen atoms in total. The van der Waals surface area contributed by atoms with Crippen LogP contribution in [-0.4, -0.2) is 9.55 Å². The van der Waals surface area contributed by atoms with Crippen LogP contribution in [0.1, 0.15) is 0 Å². The first kappa shape index (κ1) is 4.78. The van der Waals surface area contributed by atoms with E-state index in [2.05, 4.69) is 9.96 Å². The number of hydrogen-bond donors (Lipinski definition) is 0. The summed E-state index contributed by atoms with van der Waals surface area (Å²) in [5.74, 6) is 0.324. The third-order valence-corrected chi connectivity index (χ3v) is 0.885. The molecule has 0 fully saturated rings. The van der Waals surface area contributed by atoms with Crippen LogP contribution in [0.3, 0.4) is 0 Å². The van der Waals surface area contributed by atoms with Crippen LogP contribution < -0.4 is 0 Å². The fourth-order valence-electron chi connectivity index (χ4n) is 0.454. The number of imidazole rings is 1. The molecule has 8 heavy (non-hydrogen) atoms. The van der Waals surface area contributed by atoms with Gasteiger partial charge in [-0.1, -0.05) is 4.98 Å². The van der Waals surface area contributed by atoms with Crippen molar-refractivity contribution in [1.82, 2.24) is 9.55 Å². The summed E-state index contributed by atoms with van der Waals surface area (Å²) >= 11 is 0. The Labute approximate surface area is 46.4 Å². The number of rotatable bonds is 0. The summed E-state index contributed by atoms with van der Waals surface area (Å²) in [6.07, 6.45) is 3.27. The van der Waals surface area contributed by atoms with Gasteiger partial charge in [0.25, 0.3) is 0 Å². The van der Waals surface area contributed by atoms with E-state index >= 15 is 0 Å². The summed E-state index contributed by atoms with van der Waals surface area (Å²) in [7, 11) is 1.75. The predicted molar refractivity (Wildman–Crippen MR) is 28.0 cm³/mol. The molecule has 0 amide bonds. The quantitative estimate of drug-likeness (QED) is 0.465. The zero-order valence-corrected chi connectivity index (χ0v) is 4.44. The molecular formula is C4H5N4+. The van der Waals surface area contributed by atoms with E-state index in [9.17, 15) is 0 Å². The van der Waals surface area contributed by atoms with Gasteiger partial charge < -0.3 is 0 Å². The van der Waals surface area contributed by atoms with Crippen molar-refractivity contribution in [1.29, 1.82) is 5.39 Å². The second-order valence-electron chi connectivity index (χ2n) is 1.44. The lowest BCUT2D eigenvalue weighted by Crippen LogP contribution is -1.79. The SMILES string of the molecule is Cn1ccnc1[N+]#N. The lowest BCUT2D eigenvalue weighted by atomic mass is 10.9. The highest BCUT2D eigenvalue weighted by molar-refractivity contribution is 5.23. The van der Waals surface area contributed by atoms with E-state index in [4.69, 9.17) is 5.39 Å². The van der Waals surface area contributed by atoms with Gasteiger partial charge in [0.15, 0.2) is 0 Å². The minimum absolute atomic E-state index is 0.324. The van der Waals surface area contributed by atoms with Crippen molar-refractivity contribution in [2.45, 2.75) is 0 Å². The van der Waals surface area contributed by atoms with E-state index in [-0.39, 0.29) is 0 Å². The van der Waals surface area contributed by atoms with Crippen LogP contribution in [0, 0.1) is 5.39 Å². The Balaban J connectivity index is 3.15. The van der Waals surface area contributed by atoms with Crippen LogP contribution in [0.25, 0.3) is 4.98 Å². The van der Waals surface area contributed by atoms with E-state index in [0.717, 1.165) is 0 Å². The van der Waals surface area contributed by atoms with E-state index < -0.39 is 0 Å². The van der Waals surface area contributed by atoms with Gasteiger partial charge >= 0.3 is 5.95 Å². The second-order valence-corrected chi connectivity index (χ2v) is 1.44. The summed E-state index contributed by atoms with van der Waals surface area (Å²) in [4.78, 5) is 6.56. The van der Waals surface area contributed by atoms with Gasteiger partial charge in [0.05, 0.1) is 12.4 Å². The van der Waals surface area contributed by atoms with E-state index in [1.807, 2.05) is 0 Å². The number of diazo groups is 1. The molecule has 0 unspecified atom stereocenters. The van der Waals surface area contributed by atoms with Crippen LogP contribution in [0.4, 0.5) is 5.95 Å². The molecule has 1 aromatic heterocycles. The summed E-state index contributed by atoms with van der Waals surface area (Å²) in [5, 5.41) is 8.15. The fraction of sp³-hybridized carbons (Fsp3) is 0.250. The standard InChI is InChI=1S/C4H5N4/c1-8-3-2-6-4(8)7-5/h2-3H,1H3/q+1. The number of aryl methyl sites for hydroxylation is 1. The second kappa shape index (κ2) is 1.62. The summed E-state index contributed by atoms with van der Waals surface area (Å²) < 4.78 is 1.61. The Hall–Kier alpha value is -1.37. The Morgan fingerprint density at radius 1 is 1.88 bits per heavy atom. The highest BCUT2D eigenvalue weighted by Gasteiger charge is 2.06. The molecule has 1 heterocycles. The number of nitrogens with zero attached hydrogens (tertiary/aromatic N) is 4. The molecule has 0 atom stereocenters. The molecule has 0 aliphatic rings. The molecule has 0 aromatic carbocycles. The molecule has 0 spiro atoms. The van der Waals surface area contributed by atoms with Gasteiger partial charge in [-0.25, -0.2) is 4.57 Å². The molecular weight excluding hydrogens is 104 g/mol. The third kappa shape index (κ3) is 0.540. The van der Waals surface area contributed by atoms with Gasteiger partial charge in [-0.05, 0) is 4.98 Å². The van der Waals surface area contributed by atoms with Crippen molar-refractivity contribution in [2.24, 2.45) is 7.05 Å². The highest BCUT2D eigenvalue weighted by atomic mass is 15.2. The first-order chi connectivity index (χ1) is 3.84. The van der Waals surface area contributed by atoms with Gasteiger partial charge in [-0.3, -0.25) is 0 Å². The van der Waals surface area contributed by atoms with E-state index in [1.165, 1.54) is 0 Å². The third-order valence-electron chi connectivity index (χ3n) is 0.885. The molecule has 0 bridgehead atoms. The van der Waals surface area contributed by atoms with Crippen molar-refractivity contribution in [3.05, 3.63) is 17.4 Å². The average molecular weight is 109 g/mol.